The minimum absolute atomic E-state index is 0.0234. The van der Waals surface area contributed by atoms with Crippen molar-refractivity contribution in [3.05, 3.63) is 71.4 Å². The van der Waals surface area contributed by atoms with Gasteiger partial charge in [-0.3, -0.25) is 9.89 Å². The number of amides is 1. The Morgan fingerprint density at radius 2 is 1.72 bits per heavy atom. The molecule has 4 aromatic rings. The van der Waals surface area contributed by atoms with E-state index in [9.17, 15) is 4.79 Å². The number of nitrogens with zero attached hydrogens (tertiary/aromatic N) is 5. The number of carbonyl (C=O) groups is 1. The van der Waals surface area contributed by atoms with Crippen molar-refractivity contribution in [3.8, 4) is 22.6 Å². The number of nitrogens with one attached hydrogen (secondary N) is 2. The Bertz CT molecular complexity index is 1140. The van der Waals surface area contributed by atoms with E-state index >= 15 is 0 Å². The summed E-state index contributed by atoms with van der Waals surface area (Å²) in [5, 5.41) is 21.8. The molecule has 8 heteroatoms. The van der Waals surface area contributed by atoms with Crippen LogP contribution < -0.4 is 0 Å². The fourth-order valence-electron chi connectivity index (χ4n) is 3.83. The van der Waals surface area contributed by atoms with Gasteiger partial charge in [-0.2, -0.15) is 10.3 Å². The van der Waals surface area contributed by atoms with E-state index in [0.717, 1.165) is 29.8 Å². The number of aromatic amines is 2. The third kappa shape index (κ3) is 3.18. The van der Waals surface area contributed by atoms with Crippen LogP contribution in [0.2, 0.25) is 0 Å². The van der Waals surface area contributed by atoms with Gasteiger partial charge >= 0.3 is 0 Å². The average Bonchev–Trinajstić information content (AvgIpc) is 3.40. The Kier molecular flexibility index (Phi) is 4.36. The summed E-state index contributed by atoms with van der Waals surface area (Å²) >= 11 is 0. The van der Waals surface area contributed by atoms with E-state index in [1.54, 1.807) is 0 Å². The Balaban J connectivity index is 1.41. The molecule has 1 aliphatic heterocycles. The number of hydrogen-bond acceptors (Lipinski definition) is 5. The third-order valence-corrected chi connectivity index (χ3v) is 5.29. The lowest BCUT2D eigenvalue weighted by Crippen LogP contribution is -2.33. The van der Waals surface area contributed by atoms with Gasteiger partial charge in [-0.05, 0) is 17.7 Å². The summed E-state index contributed by atoms with van der Waals surface area (Å²) in [6, 6.07) is 17.5. The van der Waals surface area contributed by atoms with Crippen LogP contribution in [0.3, 0.4) is 0 Å². The van der Waals surface area contributed by atoms with Crippen LogP contribution in [-0.2, 0) is 12.8 Å². The number of H-pyrrole nitrogens is 2. The van der Waals surface area contributed by atoms with Gasteiger partial charge in [-0.15, -0.1) is 10.2 Å². The molecular weight excluding hydrogens is 366 g/mol. The van der Waals surface area contributed by atoms with Crippen LogP contribution in [0.5, 0.6) is 0 Å². The summed E-state index contributed by atoms with van der Waals surface area (Å²) in [6.07, 6.45) is 1.50. The lowest BCUT2D eigenvalue weighted by Gasteiger charge is -2.21. The summed E-state index contributed by atoms with van der Waals surface area (Å²) in [4.78, 5) is 15.2. The number of carbonyl (C=O) groups excluding carboxylic acids is 1. The SMILES string of the molecule is O=C(c1ccccc1-c1nn[nH]n1)N1CCc2[nH]nc(-c3ccccc3)c2CC1. The molecule has 0 atom stereocenters. The van der Waals surface area contributed by atoms with E-state index < -0.39 is 0 Å². The van der Waals surface area contributed by atoms with E-state index in [4.69, 9.17) is 0 Å². The second-order valence-electron chi connectivity index (χ2n) is 6.97. The molecule has 0 saturated heterocycles. The lowest BCUT2D eigenvalue weighted by atomic mass is 10.0. The zero-order valence-electron chi connectivity index (χ0n) is 15.7. The molecule has 0 radical (unpaired) electrons. The lowest BCUT2D eigenvalue weighted by molar-refractivity contribution is 0.0763. The van der Waals surface area contributed by atoms with Gasteiger partial charge in [-0.25, -0.2) is 0 Å². The van der Waals surface area contributed by atoms with E-state index in [2.05, 4.69) is 43.0 Å². The fraction of sp³-hybridized carbons (Fsp3) is 0.190. The first-order valence-electron chi connectivity index (χ1n) is 9.55. The topological polar surface area (TPSA) is 103 Å². The highest BCUT2D eigenvalue weighted by Gasteiger charge is 2.25. The molecule has 0 fully saturated rings. The quantitative estimate of drug-likeness (QED) is 0.564. The molecule has 29 heavy (non-hydrogen) atoms. The standard InChI is InChI=1S/C21H19N7O/c29-21(16-9-5-4-8-15(16)20-24-26-27-25-20)28-12-10-17-18(11-13-28)22-23-19(17)14-6-2-1-3-7-14/h1-9H,10-13H2,(H,22,23)(H,24,25,26,27). The van der Waals surface area contributed by atoms with Crippen LogP contribution in [0.1, 0.15) is 21.6 Å². The van der Waals surface area contributed by atoms with Crippen LogP contribution in [0.15, 0.2) is 54.6 Å². The Morgan fingerprint density at radius 3 is 2.55 bits per heavy atom. The third-order valence-electron chi connectivity index (χ3n) is 5.29. The molecule has 144 valence electrons. The summed E-state index contributed by atoms with van der Waals surface area (Å²) in [5.74, 6) is 0.398. The maximum atomic E-state index is 13.3. The fourth-order valence-corrected chi connectivity index (χ4v) is 3.83. The summed E-state index contributed by atoms with van der Waals surface area (Å²) in [6.45, 7) is 1.26. The number of hydrogen-bond donors (Lipinski definition) is 2. The molecule has 0 aliphatic carbocycles. The minimum atomic E-state index is -0.0234. The van der Waals surface area contributed by atoms with E-state index in [1.807, 2.05) is 47.4 Å². The maximum absolute atomic E-state index is 13.3. The molecule has 0 unspecified atom stereocenters. The highest BCUT2D eigenvalue weighted by atomic mass is 16.2. The van der Waals surface area contributed by atoms with Crippen molar-refractivity contribution in [3.63, 3.8) is 0 Å². The van der Waals surface area contributed by atoms with Crippen LogP contribution in [0, 0.1) is 0 Å². The second kappa shape index (κ2) is 7.31. The van der Waals surface area contributed by atoms with Gasteiger partial charge in [0.15, 0.2) is 0 Å². The first-order valence-corrected chi connectivity index (χ1v) is 9.55. The molecule has 5 rings (SSSR count). The first kappa shape index (κ1) is 17.3. The molecule has 3 heterocycles. The van der Waals surface area contributed by atoms with Crippen molar-refractivity contribution in [1.29, 1.82) is 0 Å². The zero-order chi connectivity index (χ0) is 19.6. The second-order valence-corrected chi connectivity index (χ2v) is 6.97. The molecule has 2 aromatic carbocycles. The average molecular weight is 385 g/mol. The predicted molar refractivity (Wildman–Crippen MR) is 107 cm³/mol. The number of rotatable bonds is 3. The number of tetrazole rings is 1. The van der Waals surface area contributed by atoms with Crippen molar-refractivity contribution < 1.29 is 4.79 Å². The molecule has 1 aliphatic rings. The van der Waals surface area contributed by atoms with Crippen molar-refractivity contribution >= 4 is 5.91 Å². The Hall–Kier alpha value is -3.81. The minimum Gasteiger partial charge on any atom is -0.338 e. The Labute approximate surface area is 167 Å². The van der Waals surface area contributed by atoms with Crippen LogP contribution in [0.4, 0.5) is 0 Å². The molecule has 0 bridgehead atoms. The van der Waals surface area contributed by atoms with Crippen molar-refractivity contribution in [2.24, 2.45) is 0 Å². The molecule has 0 spiro atoms. The van der Waals surface area contributed by atoms with Crippen LogP contribution in [0.25, 0.3) is 22.6 Å². The summed E-state index contributed by atoms with van der Waals surface area (Å²) in [7, 11) is 0. The van der Waals surface area contributed by atoms with Gasteiger partial charge in [0.2, 0.25) is 5.82 Å². The molecule has 1 amide bonds. The maximum Gasteiger partial charge on any atom is 0.254 e. The van der Waals surface area contributed by atoms with Gasteiger partial charge in [0.25, 0.3) is 5.91 Å². The molecular formula is C21H19N7O. The van der Waals surface area contributed by atoms with Crippen molar-refractivity contribution in [1.82, 2.24) is 35.7 Å². The number of benzene rings is 2. The summed E-state index contributed by atoms with van der Waals surface area (Å²) < 4.78 is 0. The highest BCUT2D eigenvalue weighted by molar-refractivity contribution is 6.00. The Morgan fingerprint density at radius 1 is 0.931 bits per heavy atom. The van der Waals surface area contributed by atoms with Gasteiger partial charge in [-0.1, -0.05) is 48.5 Å². The van der Waals surface area contributed by atoms with E-state index in [-0.39, 0.29) is 5.91 Å². The van der Waals surface area contributed by atoms with Gasteiger partial charge < -0.3 is 4.90 Å². The van der Waals surface area contributed by atoms with Gasteiger partial charge in [0, 0.05) is 41.9 Å². The molecule has 2 N–H and O–H groups in total. The van der Waals surface area contributed by atoms with Crippen LogP contribution in [-0.4, -0.2) is 54.7 Å². The van der Waals surface area contributed by atoms with Gasteiger partial charge in [0.1, 0.15) is 0 Å². The first-order chi connectivity index (χ1) is 14.3. The largest absolute Gasteiger partial charge is 0.338 e. The van der Waals surface area contributed by atoms with Crippen molar-refractivity contribution in [2.45, 2.75) is 12.8 Å². The number of fused-ring (bicyclic) bond motifs is 1. The molecule has 0 saturated carbocycles. The number of aromatic nitrogens is 6. The molecule has 2 aromatic heterocycles. The van der Waals surface area contributed by atoms with Crippen LogP contribution >= 0.6 is 0 Å². The molecule has 8 nitrogen and oxygen atoms in total. The smallest absolute Gasteiger partial charge is 0.254 e. The van der Waals surface area contributed by atoms with E-state index in [1.165, 1.54) is 5.56 Å². The summed E-state index contributed by atoms with van der Waals surface area (Å²) in [5.41, 5.74) is 5.62. The normalized spacial score (nSPS) is 13.7. The van der Waals surface area contributed by atoms with Crippen molar-refractivity contribution in [2.75, 3.05) is 13.1 Å². The van der Waals surface area contributed by atoms with Gasteiger partial charge in [0.05, 0.1) is 11.3 Å². The highest BCUT2D eigenvalue weighted by Crippen LogP contribution is 2.28. The monoisotopic (exact) mass is 385 g/mol. The predicted octanol–water partition coefficient (Wildman–Crippen LogP) is 2.50. The zero-order valence-corrected chi connectivity index (χ0v) is 15.7. The van der Waals surface area contributed by atoms with E-state index in [0.29, 0.717) is 30.0 Å².